The molecule has 13 heavy (non-hydrogen) atoms. The molecule has 0 unspecified atom stereocenters. The lowest BCUT2D eigenvalue weighted by molar-refractivity contribution is -0.0565. The van der Waals surface area contributed by atoms with E-state index < -0.39 is 11.3 Å². The molecule has 1 fully saturated rings. The van der Waals surface area contributed by atoms with Gasteiger partial charge in [0.2, 0.25) is 5.17 Å². The highest BCUT2D eigenvalue weighted by atomic mass is 35.5. The van der Waals surface area contributed by atoms with Crippen molar-refractivity contribution in [1.29, 1.82) is 0 Å². The van der Waals surface area contributed by atoms with Gasteiger partial charge >= 0.3 is 6.18 Å². The number of aliphatic imine (C=N–C) groups is 1. The molecule has 0 bridgehead atoms. The van der Waals surface area contributed by atoms with Crippen LogP contribution in [0.3, 0.4) is 0 Å². The van der Waals surface area contributed by atoms with E-state index in [9.17, 15) is 13.2 Å². The summed E-state index contributed by atoms with van der Waals surface area (Å²) in [4.78, 5) is 3.38. The normalized spacial score (nSPS) is 22.0. The van der Waals surface area contributed by atoms with Crippen molar-refractivity contribution < 1.29 is 17.9 Å². The van der Waals surface area contributed by atoms with Crippen LogP contribution < -0.4 is 0 Å². The van der Waals surface area contributed by atoms with Crippen LogP contribution in [0.15, 0.2) is 4.99 Å². The zero-order chi connectivity index (χ0) is 9.90. The van der Waals surface area contributed by atoms with Crippen LogP contribution in [0.4, 0.5) is 13.2 Å². The van der Waals surface area contributed by atoms with Crippen molar-refractivity contribution in [3.8, 4) is 0 Å². The minimum atomic E-state index is -4.51. The first kappa shape index (κ1) is 10.8. The lowest BCUT2D eigenvalue weighted by atomic mass is 10.1. The van der Waals surface area contributed by atoms with Gasteiger partial charge in [0.25, 0.3) is 0 Å². The lowest BCUT2D eigenvalue weighted by Crippen LogP contribution is -2.24. The fourth-order valence-electron chi connectivity index (χ4n) is 1.05. The number of hydrogen-bond donors (Lipinski definition) is 0. The summed E-state index contributed by atoms with van der Waals surface area (Å²) >= 11 is 4.97. The number of nitrogens with zero attached hydrogens (tertiary/aromatic N) is 1. The van der Waals surface area contributed by atoms with Gasteiger partial charge in [-0.15, -0.1) is 0 Å². The molecule has 1 heterocycles. The molecule has 76 valence electrons. The van der Waals surface area contributed by atoms with Gasteiger partial charge in [-0.05, 0) is 12.8 Å². The van der Waals surface area contributed by atoms with E-state index >= 15 is 0 Å². The summed E-state index contributed by atoms with van der Waals surface area (Å²) in [5, 5.41) is -1.26. The first-order valence-electron chi connectivity index (χ1n) is 3.88. The Morgan fingerprint density at radius 2 is 1.85 bits per heavy atom. The first-order valence-corrected chi connectivity index (χ1v) is 4.26. The van der Waals surface area contributed by atoms with Crippen molar-refractivity contribution >= 4 is 16.8 Å². The van der Waals surface area contributed by atoms with Crippen molar-refractivity contribution in [3.05, 3.63) is 0 Å². The second-order valence-corrected chi connectivity index (χ2v) is 3.12. The number of rotatable bonds is 1. The average molecular weight is 216 g/mol. The van der Waals surface area contributed by atoms with Gasteiger partial charge in [-0.2, -0.15) is 13.2 Å². The third-order valence-electron chi connectivity index (χ3n) is 1.72. The van der Waals surface area contributed by atoms with Crippen molar-refractivity contribution in [2.45, 2.75) is 25.1 Å². The predicted molar refractivity (Wildman–Crippen MR) is 43.2 cm³/mol. The van der Waals surface area contributed by atoms with Gasteiger partial charge in [-0.25, -0.2) is 0 Å². The van der Waals surface area contributed by atoms with Crippen LogP contribution in [0, 0.1) is 0 Å². The molecule has 0 amide bonds. The number of halogens is 4. The monoisotopic (exact) mass is 215 g/mol. The Labute approximate surface area is 78.7 Å². The van der Waals surface area contributed by atoms with Gasteiger partial charge in [-0.1, -0.05) is 11.6 Å². The third kappa shape index (κ3) is 3.52. The Hall–Kier alpha value is -0.290. The molecule has 6 heteroatoms. The summed E-state index contributed by atoms with van der Waals surface area (Å²) in [6.07, 6.45) is -3.50. The van der Waals surface area contributed by atoms with E-state index in [0.29, 0.717) is 26.1 Å². The molecule has 1 aliphatic heterocycles. The zero-order valence-electron chi connectivity index (χ0n) is 6.77. The molecule has 0 radical (unpaired) electrons. The molecule has 0 aromatic rings. The van der Waals surface area contributed by atoms with Gasteiger partial charge in [0.1, 0.15) is 0 Å². The van der Waals surface area contributed by atoms with Gasteiger partial charge < -0.3 is 4.74 Å². The molecule has 1 rings (SSSR count). The summed E-state index contributed by atoms with van der Waals surface area (Å²) in [6, 6.07) is -0.345. The van der Waals surface area contributed by atoms with E-state index in [2.05, 4.69) is 4.99 Å². The van der Waals surface area contributed by atoms with Crippen LogP contribution in [0.25, 0.3) is 0 Å². The third-order valence-corrected chi connectivity index (χ3v) is 2.03. The van der Waals surface area contributed by atoms with Gasteiger partial charge in [0.15, 0.2) is 0 Å². The summed E-state index contributed by atoms with van der Waals surface area (Å²) in [6.45, 7) is 0.909. The molecular weight excluding hydrogens is 207 g/mol. The van der Waals surface area contributed by atoms with Crippen molar-refractivity contribution in [3.63, 3.8) is 0 Å². The smallest absolute Gasteiger partial charge is 0.381 e. The van der Waals surface area contributed by atoms with E-state index in [-0.39, 0.29) is 6.04 Å². The summed E-state index contributed by atoms with van der Waals surface area (Å²) in [7, 11) is 0. The summed E-state index contributed by atoms with van der Waals surface area (Å²) in [5.41, 5.74) is 0. The topological polar surface area (TPSA) is 21.6 Å². The SMILES string of the molecule is FC(F)(F)C(Cl)=NC1CCOCC1. The highest BCUT2D eigenvalue weighted by Crippen LogP contribution is 2.22. The van der Waals surface area contributed by atoms with Crippen LogP contribution in [0.5, 0.6) is 0 Å². The van der Waals surface area contributed by atoms with E-state index in [1.165, 1.54) is 0 Å². The molecule has 1 saturated heterocycles. The van der Waals surface area contributed by atoms with Crippen molar-refractivity contribution in [1.82, 2.24) is 0 Å². The fraction of sp³-hybridized carbons (Fsp3) is 0.857. The molecule has 0 spiro atoms. The van der Waals surface area contributed by atoms with Crippen LogP contribution in [-0.4, -0.2) is 30.6 Å². The van der Waals surface area contributed by atoms with Crippen LogP contribution >= 0.6 is 11.6 Å². The maximum Gasteiger partial charge on any atom is 0.444 e. The second-order valence-electron chi connectivity index (χ2n) is 2.76. The Kier molecular flexibility index (Phi) is 3.55. The molecule has 0 saturated carbocycles. The van der Waals surface area contributed by atoms with Gasteiger partial charge in [-0.3, -0.25) is 4.99 Å². The summed E-state index contributed by atoms with van der Waals surface area (Å²) in [5.74, 6) is 0. The quantitative estimate of drug-likeness (QED) is 0.616. The van der Waals surface area contributed by atoms with Crippen LogP contribution in [0.2, 0.25) is 0 Å². The first-order chi connectivity index (χ1) is 6.00. The molecule has 0 N–H and O–H groups in total. The molecule has 0 atom stereocenters. The Morgan fingerprint density at radius 1 is 1.31 bits per heavy atom. The van der Waals surface area contributed by atoms with Gasteiger partial charge in [0, 0.05) is 13.2 Å². The standard InChI is InChI=1S/C7H9ClF3NO/c8-6(7(9,10)11)12-5-1-3-13-4-2-5/h5H,1-4H2. The fourth-order valence-corrected chi connectivity index (χ4v) is 1.19. The Morgan fingerprint density at radius 3 is 2.31 bits per heavy atom. The van der Waals surface area contributed by atoms with E-state index in [1.54, 1.807) is 0 Å². The maximum absolute atomic E-state index is 11.9. The van der Waals surface area contributed by atoms with E-state index in [4.69, 9.17) is 16.3 Å². The molecule has 2 nitrogen and oxygen atoms in total. The van der Waals surface area contributed by atoms with Crippen molar-refractivity contribution in [2.75, 3.05) is 13.2 Å². The maximum atomic E-state index is 11.9. The lowest BCUT2D eigenvalue weighted by Gasteiger charge is -2.18. The molecule has 1 aliphatic rings. The number of ether oxygens (including phenoxy) is 1. The highest BCUT2D eigenvalue weighted by molar-refractivity contribution is 6.66. The minimum absolute atomic E-state index is 0.345. The van der Waals surface area contributed by atoms with Crippen LogP contribution in [-0.2, 0) is 4.74 Å². The van der Waals surface area contributed by atoms with E-state index in [0.717, 1.165) is 0 Å². The van der Waals surface area contributed by atoms with Crippen LogP contribution in [0.1, 0.15) is 12.8 Å². The predicted octanol–water partition coefficient (Wildman–Crippen LogP) is 2.37. The Bertz CT molecular complexity index is 198. The second kappa shape index (κ2) is 4.28. The van der Waals surface area contributed by atoms with Gasteiger partial charge in [0.05, 0.1) is 6.04 Å². The number of alkyl halides is 3. The van der Waals surface area contributed by atoms with E-state index in [1.807, 2.05) is 0 Å². The molecular formula is C7H9ClF3NO. The average Bonchev–Trinajstić information content (AvgIpc) is 2.04. The summed E-state index contributed by atoms with van der Waals surface area (Å²) < 4.78 is 40.7. The largest absolute Gasteiger partial charge is 0.444 e. The molecule has 0 aliphatic carbocycles. The molecule has 0 aromatic heterocycles. The molecule has 0 aromatic carbocycles. The number of hydrogen-bond acceptors (Lipinski definition) is 2. The zero-order valence-corrected chi connectivity index (χ0v) is 7.53. The highest BCUT2D eigenvalue weighted by Gasteiger charge is 2.35. The minimum Gasteiger partial charge on any atom is -0.381 e. The Balaban J connectivity index is 2.53. The van der Waals surface area contributed by atoms with Crippen molar-refractivity contribution in [2.24, 2.45) is 4.99 Å².